The molecule has 0 radical (unpaired) electrons. The molecule has 0 saturated carbocycles. The number of benzene rings is 1. The Hall–Kier alpha value is -1.66. The first-order valence-electron chi connectivity index (χ1n) is 9.45. The summed E-state index contributed by atoms with van der Waals surface area (Å²) in [6, 6.07) is 7.99. The third kappa shape index (κ3) is 7.46. The second kappa shape index (κ2) is 10.6. The maximum absolute atomic E-state index is 12.1. The van der Waals surface area contributed by atoms with E-state index >= 15 is 0 Å². The molecule has 0 aliphatic carbocycles. The number of hydrogen-bond acceptors (Lipinski definition) is 5. The van der Waals surface area contributed by atoms with Crippen LogP contribution in [0.3, 0.4) is 0 Å². The van der Waals surface area contributed by atoms with E-state index in [1.807, 2.05) is 24.3 Å². The minimum Gasteiger partial charge on any atom is -0.356 e. The van der Waals surface area contributed by atoms with Gasteiger partial charge >= 0.3 is 0 Å². The fourth-order valence-corrected chi connectivity index (χ4v) is 3.57. The molecule has 0 fully saturated rings. The van der Waals surface area contributed by atoms with Gasteiger partial charge in [0.05, 0.1) is 0 Å². The summed E-state index contributed by atoms with van der Waals surface area (Å²) in [5, 5.41) is 4.58. The summed E-state index contributed by atoms with van der Waals surface area (Å²) in [7, 11) is 0. The zero-order chi connectivity index (χ0) is 19.8. The molecule has 0 aliphatic heterocycles. The summed E-state index contributed by atoms with van der Waals surface area (Å²) < 4.78 is 4.49. The lowest BCUT2D eigenvalue weighted by atomic mass is 10.1. The molecule has 1 amide bonds. The fraction of sp³-hybridized carbons (Fsp3) is 0.550. The van der Waals surface area contributed by atoms with Gasteiger partial charge in [-0.15, -0.1) is 0 Å². The monoisotopic (exact) mass is 408 g/mol. The van der Waals surface area contributed by atoms with E-state index in [0.717, 1.165) is 34.5 Å². The van der Waals surface area contributed by atoms with E-state index in [0.29, 0.717) is 25.3 Å². The largest absolute Gasteiger partial charge is 0.356 e. The number of rotatable bonds is 10. The molecule has 0 spiro atoms. The molecule has 0 unspecified atom stereocenters. The molecule has 1 aromatic heterocycles. The van der Waals surface area contributed by atoms with Crippen molar-refractivity contribution in [2.45, 2.75) is 53.0 Å². The van der Waals surface area contributed by atoms with Gasteiger partial charge in [-0.1, -0.05) is 37.6 Å². The number of carbonyl (C=O) groups excluding carboxylic acids is 1. The van der Waals surface area contributed by atoms with Gasteiger partial charge in [0.15, 0.2) is 0 Å². The molecular weight excluding hydrogens is 380 g/mol. The van der Waals surface area contributed by atoms with Crippen molar-refractivity contribution < 1.29 is 4.79 Å². The highest BCUT2D eigenvalue weighted by atomic mass is 35.5. The van der Waals surface area contributed by atoms with Crippen LogP contribution in [0.25, 0.3) is 0 Å². The maximum atomic E-state index is 12.1. The summed E-state index contributed by atoms with van der Waals surface area (Å²) >= 11 is 7.32. The normalized spacial score (nSPS) is 11.2. The Morgan fingerprint density at radius 3 is 2.56 bits per heavy atom. The zero-order valence-corrected chi connectivity index (χ0v) is 18.1. The minimum absolute atomic E-state index is 0.0900. The summed E-state index contributed by atoms with van der Waals surface area (Å²) in [5.41, 5.74) is 1.13. The van der Waals surface area contributed by atoms with Gasteiger partial charge in [-0.2, -0.15) is 4.37 Å². The Kier molecular flexibility index (Phi) is 8.51. The van der Waals surface area contributed by atoms with Crippen LogP contribution in [-0.4, -0.2) is 34.4 Å². The molecular formula is C20H29ClN4OS. The van der Waals surface area contributed by atoms with Crippen LogP contribution in [0.2, 0.25) is 5.02 Å². The van der Waals surface area contributed by atoms with Gasteiger partial charge in [0.1, 0.15) is 5.82 Å². The van der Waals surface area contributed by atoms with Crippen molar-refractivity contribution in [1.29, 1.82) is 0 Å². The van der Waals surface area contributed by atoms with Gasteiger partial charge in [0.2, 0.25) is 11.0 Å². The number of nitrogens with zero attached hydrogens (tertiary/aromatic N) is 3. The second-order valence-electron chi connectivity index (χ2n) is 7.37. The molecule has 0 atom stereocenters. The average molecular weight is 409 g/mol. The Labute approximate surface area is 171 Å². The van der Waals surface area contributed by atoms with Crippen LogP contribution in [0.1, 0.15) is 51.9 Å². The van der Waals surface area contributed by atoms with E-state index in [9.17, 15) is 4.79 Å². The first-order valence-corrected chi connectivity index (χ1v) is 10.6. The van der Waals surface area contributed by atoms with E-state index in [4.69, 9.17) is 11.6 Å². The molecule has 148 valence electrons. The number of hydrogen-bond donors (Lipinski definition) is 1. The number of anilines is 1. The average Bonchev–Trinajstić information content (AvgIpc) is 3.04. The van der Waals surface area contributed by atoms with Crippen LogP contribution in [0.5, 0.6) is 0 Å². The van der Waals surface area contributed by atoms with Crippen LogP contribution in [0, 0.1) is 5.92 Å². The Balaban J connectivity index is 1.91. The van der Waals surface area contributed by atoms with Gasteiger partial charge in [-0.3, -0.25) is 4.79 Å². The highest BCUT2D eigenvalue weighted by molar-refractivity contribution is 7.09. The molecule has 2 rings (SSSR count). The summed E-state index contributed by atoms with van der Waals surface area (Å²) in [6.07, 6.45) is 2.14. The quantitative estimate of drug-likeness (QED) is 0.626. The SMILES string of the molecule is CC(C)CCNC(=O)CCN(c1nc(Cc2ccc(Cl)cc2)ns1)C(C)C. The summed E-state index contributed by atoms with van der Waals surface area (Å²) in [5.74, 6) is 1.48. The van der Waals surface area contributed by atoms with E-state index in [1.165, 1.54) is 11.5 Å². The maximum Gasteiger partial charge on any atom is 0.221 e. The molecule has 1 aromatic carbocycles. The molecule has 0 aliphatic rings. The van der Waals surface area contributed by atoms with Crippen molar-refractivity contribution in [3.63, 3.8) is 0 Å². The van der Waals surface area contributed by atoms with Crippen molar-refractivity contribution in [3.8, 4) is 0 Å². The van der Waals surface area contributed by atoms with E-state index in [1.54, 1.807) is 0 Å². The topological polar surface area (TPSA) is 58.1 Å². The Morgan fingerprint density at radius 1 is 1.22 bits per heavy atom. The Bertz CT molecular complexity index is 715. The van der Waals surface area contributed by atoms with Crippen LogP contribution < -0.4 is 10.2 Å². The molecule has 0 saturated heterocycles. The molecule has 1 heterocycles. The summed E-state index contributed by atoms with van der Waals surface area (Å²) in [4.78, 5) is 18.9. The molecule has 0 bridgehead atoms. The highest BCUT2D eigenvalue weighted by Gasteiger charge is 2.17. The Morgan fingerprint density at radius 2 is 1.93 bits per heavy atom. The van der Waals surface area contributed by atoms with Gasteiger partial charge < -0.3 is 10.2 Å². The predicted molar refractivity (Wildman–Crippen MR) is 114 cm³/mol. The number of carbonyl (C=O) groups is 1. The lowest BCUT2D eigenvalue weighted by Gasteiger charge is -2.25. The number of aromatic nitrogens is 2. The van der Waals surface area contributed by atoms with E-state index in [-0.39, 0.29) is 11.9 Å². The zero-order valence-electron chi connectivity index (χ0n) is 16.5. The smallest absolute Gasteiger partial charge is 0.221 e. The van der Waals surface area contributed by atoms with E-state index in [2.05, 4.69) is 47.3 Å². The molecule has 5 nitrogen and oxygen atoms in total. The first kappa shape index (κ1) is 21.6. The van der Waals surface area contributed by atoms with Crippen molar-refractivity contribution in [2.75, 3.05) is 18.0 Å². The van der Waals surface area contributed by atoms with E-state index < -0.39 is 0 Å². The van der Waals surface area contributed by atoms with Gasteiger partial charge in [0.25, 0.3) is 0 Å². The fourth-order valence-electron chi connectivity index (χ4n) is 2.60. The van der Waals surface area contributed by atoms with Crippen molar-refractivity contribution >= 4 is 34.2 Å². The third-order valence-electron chi connectivity index (χ3n) is 4.23. The third-order valence-corrected chi connectivity index (χ3v) is 5.27. The molecule has 1 N–H and O–H groups in total. The second-order valence-corrected chi connectivity index (χ2v) is 8.53. The molecule has 27 heavy (non-hydrogen) atoms. The number of nitrogens with one attached hydrogen (secondary N) is 1. The van der Waals surface area contributed by atoms with Crippen molar-refractivity contribution in [3.05, 3.63) is 40.7 Å². The van der Waals surface area contributed by atoms with Crippen molar-refractivity contribution in [1.82, 2.24) is 14.7 Å². The lowest BCUT2D eigenvalue weighted by Crippen LogP contribution is -2.35. The van der Waals surface area contributed by atoms with Crippen LogP contribution in [0.4, 0.5) is 5.13 Å². The van der Waals surface area contributed by atoms with Gasteiger partial charge in [0, 0.05) is 48.5 Å². The van der Waals surface area contributed by atoms with Crippen LogP contribution >= 0.6 is 23.1 Å². The molecule has 2 aromatic rings. The first-order chi connectivity index (χ1) is 12.8. The number of amides is 1. The standard InChI is InChI=1S/C20H29ClN4OS/c1-14(2)9-11-22-19(26)10-12-25(15(3)4)20-23-18(24-27-20)13-16-5-7-17(21)8-6-16/h5-8,14-15H,9-13H2,1-4H3,(H,22,26). The van der Waals surface area contributed by atoms with Crippen LogP contribution in [0.15, 0.2) is 24.3 Å². The van der Waals surface area contributed by atoms with Crippen molar-refractivity contribution in [2.24, 2.45) is 5.92 Å². The van der Waals surface area contributed by atoms with Gasteiger partial charge in [-0.05, 0) is 43.9 Å². The predicted octanol–water partition coefficient (Wildman–Crippen LogP) is 4.55. The number of halogens is 1. The van der Waals surface area contributed by atoms with Gasteiger partial charge in [-0.25, -0.2) is 4.98 Å². The minimum atomic E-state index is 0.0900. The highest BCUT2D eigenvalue weighted by Crippen LogP contribution is 2.22. The lowest BCUT2D eigenvalue weighted by molar-refractivity contribution is -0.120. The molecule has 7 heteroatoms. The summed E-state index contributed by atoms with van der Waals surface area (Å²) in [6.45, 7) is 9.91. The van der Waals surface area contributed by atoms with Crippen LogP contribution in [-0.2, 0) is 11.2 Å².